The van der Waals surface area contributed by atoms with Crippen molar-refractivity contribution < 1.29 is 14.0 Å². The highest BCUT2D eigenvalue weighted by atomic mass is 19.1. The standard InChI is InChI=1S/C17H19FN4O2/c1-11-5-6-12(16(19)23)10-21(11)17(24)15-7-8-22(20-15)14-4-2-3-13(18)9-14/h2-4,7-9,11-12H,5-6,10H2,1H3,(H2,19,23)/t11-,12+/m0/s1. The number of amides is 2. The SMILES string of the molecule is C[C@H]1CC[C@@H](C(N)=O)CN1C(=O)c1ccn(-c2cccc(F)c2)n1. The smallest absolute Gasteiger partial charge is 0.274 e. The lowest BCUT2D eigenvalue weighted by atomic mass is 9.92. The molecule has 1 aromatic carbocycles. The fourth-order valence-corrected chi connectivity index (χ4v) is 2.97. The van der Waals surface area contributed by atoms with Crippen molar-refractivity contribution in [2.45, 2.75) is 25.8 Å². The molecule has 24 heavy (non-hydrogen) atoms. The van der Waals surface area contributed by atoms with Gasteiger partial charge in [0.05, 0.1) is 11.6 Å². The van der Waals surface area contributed by atoms with Gasteiger partial charge in [-0.25, -0.2) is 9.07 Å². The summed E-state index contributed by atoms with van der Waals surface area (Å²) in [5.74, 6) is -1.33. The second-order valence-electron chi connectivity index (χ2n) is 6.11. The first-order valence-corrected chi connectivity index (χ1v) is 7.87. The molecular weight excluding hydrogens is 311 g/mol. The average molecular weight is 330 g/mol. The van der Waals surface area contributed by atoms with Crippen LogP contribution in [0.2, 0.25) is 0 Å². The van der Waals surface area contributed by atoms with Crippen molar-refractivity contribution in [2.24, 2.45) is 11.7 Å². The van der Waals surface area contributed by atoms with E-state index in [9.17, 15) is 14.0 Å². The Morgan fingerprint density at radius 2 is 2.08 bits per heavy atom. The van der Waals surface area contributed by atoms with Crippen LogP contribution in [0, 0.1) is 11.7 Å². The van der Waals surface area contributed by atoms with E-state index < -0.39 is 0 Å². The van der Waals surface area contributed by atoms with Gasteiger partial charge in [-0.1, -0.05) is 6.07 Å². The van der Waals surface area contributed by atoms with E-state index in [4.69, 9.17) is 5.73 Å². The first-order valence-electron chi connectivity index (χ1n) is 7.87. The Kier molecular flexibility index (Phi) is 4.33. The topological polar surface area (TPSA) is 81.2 Å². The van der Waals surface area contributed by atoms with Crippen LogP contribution in [0.3, 0.4) is 0 Å². The zero-order valence-corrected chi connectivity index (χ0v) is 13.4. The molecule has 1 saturated heterocycles. The summed E-state index contributed by atoms with van der Waals surface area (Å²) in [6, 6.07) is 7.59. The summed E-state index contributed by atoms with van der Waals surface area (Å²) in [6.45, 7) is 2.25. The van der Waals surface area contributed by atoms with E-state index in [1.807, 2.05) is 6.92 Å². The second kappa shape index (κ2) is 6.43. The molecule has 0 bridgehead atoms. The van der Waals surface area contributed by atoms with Crippen LogP contribution < -0.4 is 5.73 Å². The molecule has 2 atom stereocenters. The molecule has 0 unspecified atom stereocenters. The Balaban J connectivity index is 1.81. The van der Waals surface area contributed by atoms with Crippen LogP contribution in [0.1, 0.15) is 30.3 Å². The molecule has 0 radical (unpaired) electrons. The highest BCUT2D eigenvalue weighted by molar-refractivity contribution is 5.93. The van der Waals surface area contributed by atoms with E-state index >= 15 is 0 Å². The molecule has 0 aliphatic carbocycles. The van der Waals surface area contributed by atoms with Gasteiger partial charge < -0.3 is 10.6 Å². The van der Waals surface area contributed by atoms with Crippen LogP contribution in [0.4, 0.5) is 4.39 Å². The third kappa shape index (κ3) is 3.15. The van der Waals surface area contributed by atoms with Gasteiger partial charge in [-0.05, 0) is 44.0 Å². The van der Waals surface area contributed by atoms with Gasteiger partial charge in [-0.3, -0.25) is 9.59 Å². The lowest BCUT2D eigenvalue weighted by molar-refractivity contribution is -0.123. The van der Waals surface area contributed by atoms with E-state index in [2.05, 4.69) is 5.10 Å². The molecule has 7 heteroatoms. The van der Waals surface area contributed by atoms with Crippen LogP contribution in [-0.2, 0) is 4.79 Å². The Morgan fingerprint density at radius 1 is 1.29 bits per heavy atom. The van der Waals surface area contributed by atoms with Gasteiger partial charge in [-0.2, -0.15) is 5.10 Å². The molecule has 1 aliphatic rings. The molecular formula is C17H19FN4O2. The number of nitrogens with zero attached hydrogens (tertiary/aromatic N) is 3. The molecule has 2 amide bonds. The van der Waals surface area contributed by atoms with Crippen LogP contribution in [0.15, 0.2) is 36.5 Å². The van der Waals surface area contributed by atoms with Crippen molar-refractivity contribution in [3.8, 4) is 5.69 Å². The van der Waals surface area contributed by atoms with Gasteiger partial charge in [0.25, 0.3) is 5.91 Å². The molecule has 2 N–H and O–H groups in total. The zero-order valence-electron chi connectivity index (χ0n) is 13.4. The molecule has 1 aliphatic heterocycles. The zero-order chi connectivity index (χ0) is 17.3. The number of likely N-dealkylation sites (tertiary alicyclic amines) is 1. The fourth-order valence-electron chi connectivity index (χ4n) is 2.97. The minimum atomic E-state index is -0.384. The Labute approximate surface area is 139 Å². The molecule has 6 nitrogen and oxygen atoms in total. The fraction of sp³-hybridized carbons (Fsp3) is 0.353. The normalized spacial score (nSPS) is 20.8. The summed E-state index contributed by atoms with van der Waals surface area (Å²) < 4.78 is 14.8. The Morgan fingerprint density at radius 3 is 2.79 bits per heavy atom. The van der Waals surface area contributed by atoms with Gasteiger partial charge >= 0.3 is 0 Å². The highest BCUT2D eigenvalue weighted by Gasteiger charge is 2.32. The van der Waals surface area contributed by atoms with Gasteiger partial charge in [0.15, 0.2) is 5.69 Å². The van der Waals surface area contributed by atoms with Gasteiger partial charge in [-0.15, -0.1) is 0 Å². The number of benzene rings is 1. The number of carbonyl (C=O) groups excluding carboxylic acids is 2. The van der Waals surface area contributed by atoms with Gasteiger partial charge in [0, 0.05) is 18.8 Å². The maximum Gasteiger partial charge on any atom is 0.274 e. The van der Waals surface area contributed by atoms with Crippen molar-refractivity contribution in [3.63, 3.8) is 0 Å². The number of hydrogen-bond acceptors (Lipinski definition) is 3. The van der Waals surface area contributed by atoms with E-state index in [-0.39, 0.29) is 35.3 Å². The number of carbonyl (C=O) groups is 2. The lowest BCUT2D eigenvalue weighted by Crippen LogP contribution is -2.48. The maximum atomic E-state index is 13.3. The van der Waals surface area contributed by atoms with Gasteiger partial charge in [0.2, 0.25) is 5.91 Å². The number of piperidine rings is 1. The second-order valence-corrected chi connectivity index (χ2v) is 6.11. The van der Waals surface area contributed by atoms with Crippen LogP contribution >= 0.6 is 0 Å². The van der Waals surface area contributed by atoms with Crippen molar-refractivity contribution in [1.82, 2.24) is 14.7 Å². The highest BCUT2D eigenvalue weighted by Crippen LogP contribution is 2.23. The minimum Gasteiger partial charge on any atom is -0.369 e. The first kappa shape index (κ1) is 16.2. The predicted molar refractivity (Wildman–Crippen MR) is 85.9 cm³/mol. The van der Waals surface area contributed by atoms with Gasteiger partial charge in [0.1, 0.15) is 5.82 Å². The predicted octanol–water partition coefficient (Wildman–Crippen LogP) is 1.74. The summed E-state index contributed by atoms with van der Waals surface area (Å²) in [5.41, 5.74) is 6.17. The first-order chi connectivity index (χ1) is 11.5. The molecule has 2 heterocycles. The number of aromatic nitrogens is 2. The molecule has 0 spiro atoms. The molecule has 2 aromatic rings. The molecule has 3 rings (SSSR count). The summed E-state index contributed by atoms with van der Waals surface area (Å²) >= 11 is 0. The summed E-state index contributed by atoms with van der Waals surface area (Å²) in [5, 5.41) is 4.24. The average Bonchev–Trinajstić information content (AvgIpc) is 3.04. The third-order valence-corrected chi connectivity index (χ3v) is 4.43. The van der Waals surface area contributed by atoms with Crippen molar-refractivity contribution in [3.05, 3.63) is 48.0 Å². The third-order valence-electron chi connectivity index (χ3n) is 4.43. The molecule has 1 fully saturated rings. The Bertz CT molecular complexity index is 773. The van der Waals surface area contributed by atoms with E-state index in [1.54, 1.807) is 29.3 Å². The van der Waals surface area contributed by atoms with Crippen LogP contribution in [-0.4, -0.2) is 39.1 Å². The van der Waals surface area contributed by atoms with Crippen molar-refractivity contribution in [1.29, 1.82) is 0 Å². The number of primary amides is 1. The number of hydrogen-bond donors (Lipinski definition) is 1. The lowest BCUT2D eigenvalue weighted by Gasteiger charge is -2.36. The Hall–Kier alpha value is -2.70. The van der Waals surface area contributed by atoms with Crippen molar-refractivity contribution >= 4 is 11.8 Å². The molecule has 1 aromatic heterocycles. The van der Waals surface area contributed by atoms with E-state index in [0.29, 0.717) is 18.7 Å². The summed E-state index contributed by atoms with van der Waals surface area (Å²) in [7, 11) is 0. The summed E-state index contributed by atoms with van der Waals surface area (Å²) in [4.78, 5) is 25.8. The minimum absolute atomic E-state index is 0.0208. The monoisotopic (exact) mass is 330 g/mol. The molecule has 126 valence electrons. The largest absolute Gasteiger partial charge is 0.369 e. The van der Waals surface area contributed by atoms with E-state index in [0.717, 1.165) is 6.42 Å². The van der Waals surface area contributed by atoms with E-state index in [1.165, 1.54) is 16.8 Å². The number of nitrogens with two attached hydrogens (primary N) is 1. The van der Waals surface area contributed by atoms with Crippen molar-refractivity contribution in [2.75, 3.05) is 6.54 Å². The van der Waals surface area contributed by atoms with Crippen LogP contribution in [0.5, 0.6) is 0 Å². The summed E-state index contributed by atoms with van der Waals surface area (Å²) in [6.07, 6.45) is 3.03. The molecule has 0 saturated carbocycles. The quantitative estimate of drug-likeness (QED) is 0.931. The van der Waals surface area contributed by atoms with Crippen LogP contribution in [0.25, 0.3) is 5.69 Å². The number of rotatable bonds is 3. The maximum absolute atomic E-state index is 13.3. The number of halogens is 1.